The Hall–Kier alpha value is -0.710. The lowest BCUT2D eigenvalue weighted by atomic mass is 10.1. The average Bonchev–Trinajstić information content (AvgIpc) is 2.93. The van der Waals surface area contributed by atoms with Gasteiger partial charge in [-0.1, -0.05) is 18.2 Å². The molecule has 0 aromatic rings. The Morgan fingerprint density at radius 2 is 2.11 bits per heavy atom. The lowest BCUT2D eigenvalue weighted by Crippen LogP contribution is -2.42. The van der Waals surface area contributed by atoms with Crippen LogP contribution in [0.1, 0.15) is 38.5 Å². The first kappa shape index (κ1) is 13.3. The van der Waals surface area contributed by atoms with E-state index in [0.29, 0.717) is 12.6 Å². The Kier molecular flexibility index (Phi) is 4.31. The molecule has 3 aliphatic rings. The van der Waals surface area contributed by atoms with Gasteiger partial charge in [0.2, 0.25) is 5.91 Å². The largest absolute Gasteiger partial charge is 0.362 e. The molecule has 3 fully saturated rings. The first-order chi connectivity index (χ1) is 9.33. The van der Waals surface area contributed by atoms with Crippen LogP contribution in [0.5, 0.6) is 0 Å². The van der Waals surface area contributed by atoms with Crippen molar-refractivity contribution >= 4 is 22.8 Å². The first-order valence-corrected chi connectivity index (χ1v) is 8.53. The zero-order valence-corrected chi connectivity index (χ0v) is 12.3. The molecule has 1 saturated carbocycles. The summed E-state index contributed by atoms with van der Waals surface area (Å²) in [4.78, 5) is 18.5. The fourth-order valence-corrected chi connectivity index (χ4v) is 4.45. The highest BCUT2D eigenvalue weighted by Crippen LogP contribution is 2.32. The fraction of sp³-hybridized carbons (Fsp3) is 0.857. The summed E-state index contributed by atoms with van der Waals surface area (Å²) in [5.74, 6) is 2.19. The standard InChI is InChI=1S/C14H23N3OS/c18-13(17-7-2-1-3-8-17)9-15-14-16-12-6-4-5-11(12)10-19-14/h11-12H,1-10H2,(H,15,16). The highest BCUT2D eigenvalue weighted by atomic mass is 32.2. The number of thioether (sulfide) groups is 1. The molecule has 4 nitrogen and oxygen atoms in total. The van der Waals surface area contributed by atoms with Crippen molar-refractivity contribution in [3.8, 4) is 0 Å². The van der Waals surface area contributed by atoms with E-state index < -0.39 is 0 Å². The van der Waals surface area contributed by atoms with E-state index >= 15 is 0 Å². The lowest BCUT2D eigenvalue weighted by molar-refractivity contribution is -0.130. The van der Waals surface area contributed by atoms with Gasteiger partial charge in [-0.05, 0) is 38.0 Å². The Bertz CT molecular complexity index is 366. The van der Waals surface area contributed by atoms with Crippen LogP contribution in [-0.4, -0.2) is 47.4 Å². The summed E-state index contributed by atoms with van der Waals surface area (Å²) in [6.07, 6.45) is 7.52. The monoisotopic (exact) mass is 281 g/mol. The predicted molar refractivity (Wildman–Crippen MR) is 79.5 cm³/mol. The SMILES string of the molecule is O=C(CN=C1NC2CCCC2CS1)N1CCCCC1. The molecule has 0 radical (unpaired) electrons. The molecule has 2 saturated heterocycles. The van der Waals surface area contributed by atoms with Gasteiger partial charge < -0.3 is 10.2 Å². The van der Waals surface area contributed by atoms with Crippen LogP contribution in [0.3, 0.4) is 0 Å². The minimum absolute atomic E-state index is 0.197. The number of fused-ring (bicyclic) bond motifs is 1. The van der Waals surface area contributed by atoms with Gasteiger partial charge in [0, 0.05) is 24.9 Å². The van der Waals surface area contributed by atoms with Crippen molar-refractivity contribution in [3.05, 3.63) is 0 Å². The predicted octanol–water partition coefficient (Wildman–Crippen LogP) is 1.86. The van der Waals surface area contributed by atoms with Crippen molar-refractivity contribution in [2.45, 2.75) is 44.6 Å². The number of hydrogen-bond acceptors (Lipinski definition) is 3. The van der Waals surface area contributed by atoms with Crippen molar-refractivity contribution in [2.24, 2.45) is 10.9 Å². The summed E-state index contributed by atoms with van der Waals surface area (Å²) in [6, 6.07) is 0.616. The molecule has 2 atom stereocenters. The molecular weight excluding hydrogens is 258 g/mol. The minimum atomic E-state index is 0.197. The van der Waals surface area contributed by atoms with E-state index in [0.717, 1.165) is 37.0 Å². The third-order valence-electron chi connectivity index (χ3n) is 4.47. The Morgan fingerprint density at radius 3 is 2.95 bits per heavy atom. The number of nitrogens with zero attached hydrogens (tertiary/aromatic N) is 2. The highest BCUT2D eigenvalue weighted by Gasteiger charge is 2.32. The van der Waals surface area contributed by atoms with Gasteiger partial charge in [-0.25, -0.2) is 0 Å². The highest BCUT2D eigenvalue weighted by molar-refractivity contribution is 8.13. The zero-order valence-electron chi connectivity index (χ0n) is 11.4. The van der Waals surface area contributed by atoms with Crippen molar-refractivity contribution in [2.75, 3.05) is 25.4 Å². The second kappa shape index (κ2) is 6.16. The number of carbonyl (C=O) groups excluding carboxylic acids is 1. The van der Waals surface area contributed by atoms with E-state index in [4.69, 9.17) is 0 Å². The van der Waals surface area contributed by atoms with Gasteiger partial charge in [-0.2, -0.15) is 0 Å². The van der Waals surface area contributed by atoms with Crippen LogP contribution in [0.4, 0.5) is 0 Å². The summed E-state index contributed by atoms with van der Waals surface area (Å²) in [5.41, 5.74) is 0. The maximum Gasteiger partial charge on any atom is 0.244 e. The van der Waals surface area contributed by atoms with E-state index in [2.05, 4.69) is 10.3 Å². The molecule has 0 bridgehead atoms. The quantitative estimate of drug-likeness (QED) is 0.840. The van der Waals surface area contributed by atoms with Gasteiger partial charge in [-0.15, -0.1) is 0 Å². The van der Waals surface area contributed by atoms with Crippen molar-refractivity contribution in [3.63, 3.8) is 0 Å². The molecule has 5 heteroatoms. The lowest BCUT2D eigenvalue weighted by Gasteiger charge is -2.29. The summed E-state index contributed by atoms with van der Waals surface area (Å²) < 4.78 is 0. The molecule has 0 spiro atoms. The summed E-state index contributed by atoms with van der Waals surface area (Å²) >= 11 is 1.80. The van der Waals surface area contributed by atoms with Crippen LogP contribution < -0.4 is 5.32 Å². The molecule has 2 heterocycles. The van der Waals surface area contributed by atoms with E-state index in [9.17, 15) is 4.79 Å². The number of amidine groups is 1. The third kappa shape index (κ3) is 3.25. The van der Waals surface area contributed by atoms with E-state index in [-0.39, 0.29) is 5.91 Å². The van der Waals surface area contributed by atoms with Crippen LogP contribution in [0.2, 0.25) is 0 Å². The van der Waals surface area contributed by atoms with E-state index in [1.807, 2.05) is 4.90 Å². The Balaban J connectivity index is 1.50. The number of likely N-dealkylation sites (tertiary alicyclic amines) is 1. The van der Waals surface area contributed by atoms with Crippen LogP contribution in [0.15, 0.2) is 4.99 Å². The number of nitrogens with one attached hydrogen (secondary N) is 1. The molecule has 0 aromatic heterocycles. The second-order valence-electron chi connectivity index (χ2n) is 5.82. The molecule has 1 aliphatic carbocycles. The summed E-state index contributed by atoms with van der Waals surface area (Å²) in [5, 5.41) is 4.51. The maximum absolute atomic E-state index is 12.1. The number of aliphatic imine (C=N–C) groups is 1. The summed E-state index contributed by atoms with van der Waals surface area (Å²) in [6.45, 7) is 2.18. The van der Waals surface area contributed by atoms with Gasteiger partial charge >= 0.3 is 0 Å². The number of piperidine rings is 1. The maximum atomic E-state index is 12.1. The molecule has 1 N–H and O–H groups in total. The first-order valence-electron chi connectivity index (χ1n) is 7.54. The molecule has 0 aromatic carbocycles. The molecule has 106 valence electrons. The minimum Gasteiger partial charge on any atom is -0.362 e. The molecule has 3 rings (SSSR count). The summed E-state index contributed by atoms with van der Waals surface area (Å²) in [7, 11) is 0. The third-order valence-corrected chi connectivity index (χ3v) is 5.58. The van der Waals surface area contributed by atoms with Gasteiger partial charge in [-0.3, -0.25) is 9.79 Å². The van der Waals surface area contributed by atoms with Crippen molar-refractivity contribution in [1.29, 1.82) is 0 Å². The fourth-order valence-electron chi connectivity index (χ4n) is 3.29. The molecular formula is C14H23N3OS. The normalized spacial score (nSPS) is 33.1. The number of amides is 1. The average molecular weight is 281 g/mol. The molecule has 2 unspecified atom stereocenters. The molecule has 1 amide bonds. The van der Waals surface area contributed by atoms with Crippen molar-refractivity contribution < 1.29 is 4.79 Å². The number of rotatable bonds is 2. The smallest absolute Gasteiger partial charge is 0.244 e. The molecule has 2 aliphatic heterocycles. The molecule has 19 heavy (non-hydrogen) atoms. The van der Waals surface area contributed by atoms with E-state index in [1.165, 1.54) is 31.4 Å². The van der Waals surface area contributed by atoms with Gasteiger partial charge in [0.15, 0.2) is 5.17 Å². The van der Waals surface area contributed by atoms with Crippen LogP contribution in [-0.2, 0) is 4.79 Å². The van der Waals surface area contributed by atoms with Gasteiger partial charge in [0.05, 0.1) is 0 Å². The number of hydrogen-bond donors (Lipinski definition) is 1. The zero-order chi connectivity index (χ0) is 13.1. The Morgan fingerprint density at radius 1 is 1.26 bits per heavy atom. The van der Waals surface area contributed by atoms with Crippen molar-refractivity contribution in [1.82, 2.24) is 10.2 Å². The number of carbonyl (C=O) groups is 1. The van der Waals surface area contributed by atoms with Crippen LogP contribution in [0, 0.1) is 5.92 Å². The van der Waals surface area contributed by atoms with Crippen LogP contribution >= 0.6 is 11.8 Å². The Labute approximate surface area is 119 Å². The van der Waals surface area contributed by atoms with Gasteiger partial charge in [0.1, 0.15) is 6.54 Å². The van der Waals surface area contributed by atoms with Crippen LogP contribution in [0.25, 0.3) is 0 Å². The van der Waals surface area contributed by atoms with E-state index in [1.54, 1.807) is 11.8 Å². The topological polar surface area (TPSA) is 44.7 Å². The second-order valence-corrected chi connectivity index (χ2v) is 6.82. The van der Waals surface area contributed by atoms with Gasteiger partial charge in [0.25, 0.3) is 0 Å².